The highest BCUT2D eigenvalue weighted by Gasteiger charge is 2.04. The zero-order valence-corrected chi connectivity index (χ0v) is 8.64. The molecule has 0 fully saturated rings. The normalized spacial score (nSPS) is 9.93. The molecule has 0 radical (unpaired) electrons. The zero-order chi connectivity index (χ0) is 10.9. The van der Waals surface area contributed by atoms with E-state index in [-0.39, 0.29) is 6.61 Å². The van der Waals surface area contributed by atoms with Gasteiger partial charge in [0.25, 0.3) is 0 Å². The van der Waals surface area contributed by atoms with Crippen molar-refractivity contribution in [2.45, 2.75) is 26.2 Å². The predicted octanol–water partition coefficient (Wildman–Crippen LogP) is 1.57. The van der Waals surface area contributed by atoms with E-state index >= 15 is 0 Å². The van der Waals surface area contributed by atoms with Crippen molar-refractivity contribution >= 4 is 6.16 Å². The van der Waals surface area contributed by atoms with Crippen LogP contribution in [0.2, 0.25) is 0 Å². The van der Waals surface area contributed by atoms with Crippen molar-refractivity contribution in [3.63, 3.8) is 0 Å². The van der Waals surface area contributed by atoms with Crippen LogP contribution in [0.1, 0.15) is 25.6 Å². The van der Waals surface area contributed by atoms with Crippen LogP contribution >= 0.6 is 0 Å². The fourth-order valence-corrected chi connectivity index (χ4v) is 0.870. The Hall–Kier alpha value is -1.59. The first-order valence-electron chi connectivity index (χ1n) is 4.87. The summed E-state index contributed by atoms with van der Waals surface area (Å²) in [5, 5.41) is 3.57. The summed E-state index contributed by atoms with van der Waals surface area (Å²) in [6, 6.07) is 0. The highest BCUT2D eigenvalue weighted by molar-refractivity contribution is 5.59. The molecular weight excluding hydrogens is 200 g/mol. The highest BCUT2D eigenvalue weighted by Crippen LogP contribution is 1.94. The average molecular weight is 214 g/mol. The molecule has 1 aromatic rings. The highest BCUT2D eigenvalue weighted by atomic mass is 16.7. The van der Waals surface area contributed by atoms with Crippen molar-refractivity contribution in [1.82, 2.24) is 10.1 Å². The minimum atomic E-state index is -0.646. The molecule has 0 unspecified atom stereocenters. The van der Waals surface area contributed by atoms with Gasteiger partial charge < -0.3 is 14.0 Å². The van der Waals surface area contributed by atoms with E-state index in [4.69, 9.17) is 9.47 Å². The van der Waals surface area contributed by atoms with E-state index in [0.717, 1.165) is 12.8 Å². The fourth-order valence-electron chi connectivity index (χ4n) is 0.870. The third kappa shape index (κ3) is 4.99. The van der Waals surface area contributed by atoms with Crippen molar-refractivity contribution in [2.75, 3.05) is 13.2 Å². The number of unbranched alkanes of at least 4 members (excludes halogenated alkanes) is 1. The SMILES string of the molecule is CCCCOC(=O)OCCc1ncon1. The molecule has 0 amide bonds. The topological polar surface area (TPSA) is 74.5 Å². The number of hydrogen-bond donors (Lipinski definition) is 0. The molecule has 6 nitrogen and oxygen atoms in total. The quantitative estimate of drug-likeness (QED) is 0.528. The van der Waals surface area contributed by atoms with Crippen LogP contribution in [0.5, 0.6) is 0 Å². The molecule has 0 spiro atoms. The molecule has 0 aliphatic rings. The maximum atomic E-state index is 10.9. The third-order valence-corrected chi connectivity index (χ3v) is 1.67. The van der Waals surface area contributed by atoms with Crippen LogP contribution in [0.15, 0.2) is 10.9 Å². The maximum Gasteiger partial charge on any atom is 0.508 e. The third-order valence-electron chi connectivity index (χ3n) is 1.67. The average Bonchev–Trinajstić information content (AvgIpc) is 2.71. The van der Waals surface area contributed by atoms with Gasteiger partial charge in [-0.05, 0) is 6.42 Å². The standard InChI is InChI=1S/C9H14N2O4/c1-2-3-5-13-9(12)14-6-4-8-10-7-15-11-8/h7H,2-6H2,1H3. The number of carbonyl (C=O) groups is 1. The molecule has 0 N–H and O–H groups in total. The van der Waals surface area contributed by atoms with Crippen LogP contribution in [0.4, 0.5) is 4.79 Å². The summed E-state index contributed by atoms with van der Waals surface area (Å²) in [6.45, 7) is 2.62. The second-order valence-electron chi connectivity index (χ2n) is 2.90. The van der Waals surface area contributed by atoms with Crippen LogP contribution in [-0.2, 0) is 15.9 Å². The summed E-state index contributed by atoms with van der Waals surface area (Å²) in [5.41, 5.74) is 0. The second-order valence-corrected chi connectivity index (χ2v) is 2.90. The van der Waals surface area contributed by atoms with Crippen molar-refractivity contribution < 1.29 is 18.8 Å². The Labute approximate surface area is 87.6 Å². The van der Waals surface area contributed by atoms with E-state index in [9.17, 15) is 4.79 Å². The van der Waals surface area contributed by atoms with Crippen LogP contribution in [0, 0.1) is 0 Å². The number of carbonyl (C=O) groups excluding carboxylic acids is 1. The Bertz CT molecular complexity index is 274. The molecule has 0 aromatic carbocycles. The van der Waals surface area contributed by atoms with Gasteiger partial charge in [-0.15, -0.1) is 0 Å². The minimum Gasteiger partial charge on any atom is -0.434 e. The van der Waals surface area contributed by atoms with Crippen LogP contribution in [0.25, 0.3) is 0 Å². The largest absolute Gasteiger partial charge is 0.508 e. The summed E-state index contributed by atoms with van der Waals surface area (Å²) >= 11 is 0. The van der Waals surface area contributed by atoms with Crippen molar-refractivity contribution in [3.8, 4) is 0 Å². The zero-order valence-electron chi connectivity index (χ0n) is 8.64. The van der Waals surface area contributed by atoms with Gasteiger partial charge in [-0.2, -0.15) is 4.98 Å². The Kier molecular flexibility index (Phi) is 5.21. The van der Waals surface area contributed by atoms with Gasteiger partial charge >= 0.3 is 6.16 Å². The summed E-state index contributed by atoms with van der Waals surface area (Å²) < 4.78 is 14.1. The van der Waals surface area contributed by atoms with E-state index in [1.807, 2.05) is 6.92 Å². The van der Waals surface area contributed by atoms with E-state index in [0.29, 0.717) is 18.9 Å². The lowest BCUT2D eigenvalue weighted by atomic mass is 10.4. The lowest BCUT2D eigenvalue weighted by Crippen LogP contribution is -2.11. The van der Waals surface area contributed by atoms with Gasteiger partial charge in [0.2, 0.25) is 6.39 Å². The molecule has 0 saturated carbocycles. The summed E-state index contributed by atoms with van der Waals surface area (Å²) in [7, 11) is 0. The first-order chi connectivity index (χ1) is 7.33. The predicted molar refractivity (Wildman–Crippen MR) is 50.2 cm³/mol. The molecule has 0 atom stereocenters. The van der Waals surface area contributed by atoms with Gasteiger partial charge in [-0.3, -0.25) is 0 Å². The molecule has 0 aliphatic heterocycles. The monoisotopic (exact) mass is 214 g/mol. The molecule has 15 heavy (non-hydrogen) atoms. The van der Waals surface area contributed by atoms with E-state index < -0.39 is 6.16 Å². The van der Waals surface area contributed by atoms with Gasteiger partial charge in [0, 0.05) is 6.42 Å². The molecule has 84 valence electrons. The van der Waals surface area contributed by atoms with Gasteiger partial charge in [0.1, 0.15) is 6.61 Å². The molecule has 6 heteroatoms. The van der Waals surface area contributed by atoms with Crippen molar-refractivity contribution in [3.05, 3.63) is 12.2 Å². The van der Waals surface area contributed by atoms with Gasteiger partial charge in [0.05, 0.1) is 6.61 Å². The number of hydrogen-bond acceptors (Lipinski definition) is 6. The van der Waals surface area contributed by atoms with E-state index in [1.54, 1.807) is 0 Å². The lowest BCUT2D eigenvalue weighted by Gasteiger charge is -2.03. The molecule has 0 aliphatic carbocycles. The molecule has 1 aromatic heterocycles. The minimum absolute atomic E-state index is 0.199. The molecular formula is C9H14N2O4. The fraction of sp³-hybridized carbons (Fsp3) is 0.667. The van der Waals surface area contributed by atoms with Crippen LogP contribution in [0.3, 0.4) is 0 Å². The summed E-state index contributed by atoms with van der Waals surface area (Å²) in [5.74, 6) is 0.511. The Morgan fingerprint density at radius 1 is 1.47 bits per heavy atom. The van der Waals surface area contributed by atoms with Crippen LogP contribution in [-0.4, -0.2) is 29.5 Å². The maximum absolute atomic E-state index is 10.9. The van der Waals surface area contributed by atoms with Crippen molar-refractivity contribution in [1.29, 1.82) is 0 Å². The lowest BCUT2D eigenvalue weighted by molar-refractivity contribution is 0.0548. The first kappa shape index (κ1) is 11.5. The summed E-state index contributed by atoms with van der Waals surface area (Å²) in [6.07, 6.45) is 2.84. The molecule has 0 bridgehead atoms. The Morgan fingerprint density at radius 3 is 2.93 bits per heavy atom. The van der Waals surface area contributed by atoms with E-state index in [1.165, 1.54) is 6.39 Å². The molecule has 1 heterocycles. The number of nitrogens with zero attached hydrogens (tertiary/aromatic N) is 2. The summed E-state index contributed by atoms with van der Waals surface area (Å²) in [4.78, 5) is 14.7. The van der Waals surface area contributed by atoms with Crippen LogP contribution < -0.4 is 0 Å². The van der Waals surface area contributed by atoms with Crippen molar-refractivity contribution in [2.24, 2.45) is 0 Å². The number of rotatable bonds is 6. The van der Waals surface area contributed by atoms with Gasteiger partial charge in [-0.1, -0.05) is 18.5 Å². The smallest absolute Gasteiger partial charge is 0.434 e. The second kappa shape index (κ2) is 6.80. The van der Waals surface area contributed by atoms with Gasteiger partial charge in [-0.25, -0.2) is 4.79 Å². The Morgan fingerprint density at radius 2 is 2.27 bits per heavy atom. The molecule has 1 rings (SSSR count). The number of ether oxygens (including phenoxy) is 2. The van der Waals surface area contributed by atoms with Gasteiger partial charge in [0.15, 0.2) is 5.82 Å². The first-order valence-corrected chi connectivity index (χ1v) is 4.87. The molecule has 0 saturated heterocycles. The number of aromatic nitrogens is 2. The Balaban J connectivity index is 2.02. The van der Waals surface area contributed by atoms with E-state index in [2.05, 4.69) is 14.7 Å².